The number of likely N-dealkylation sites (tertiary alicyclic amines) is 1. The zero-order valence-electron chi connectivity index (χ0n) is 22.3. The molecule has 0 atom stereocenters. The maximum Gasteiger partial charge on any atom is 0.415 e. The first-order valence-electron chi connectivity index (χ1n) is 13.0. The number of fused-ring (bicyclic) bond motifs is 1. The van der Waals surface area contributed by atoms with Gasteiger partial charge in [0.25, 0.3) is 0 Å². The number of hydrogen-bond donors (Lipinski definition) is 2. The quantitative estimate of drug-likeness (QED) is 0.296. The minimum atomic E-state index is -4.47. The molecule has 5 nitrogen and oxygen atoms in total. The summed E-state index contributed by atoms with van der Waals surface area (Å²) >= 11 is 0. The lowest BCUT2D eigenvalue weighted by Gasteiger charge is -2.26. The van der Waals surface area contributed by atoms with Gasteiger partial charge >= 0.3 is 6.18 Å². The number of halogens is 3. The van der Waals surface area contributed by atoms with Crippen LogP contribution in [0.15, 0.2) is 79.3 Å². The van der Waals surface area contributed by atoms with E-state index in [1.807, 2.05) is 44.4 Å². The Hall–Kier alpha value is -3.65. The Kier molecular flexibility index (Phi) is 10.1. The van der Waals surface area contributed by atoms with Crippen LogP contribution >= 0.6 is 0 Å². The van der Waals surface area contributed by atoms with E-state index in [0.717, 1.165) is 47.7 Å². The highest BCUT2D eigenvalue weighted by molar-refractivity contribution is 5.92. The number of hydrogen-bond acceptors (Lipinski definition) is 4. The van der Waals surface area contributed by atoms with E-state index in [1.165, 1.54) is 30.9 Å². The van der Waals surface area contributed by atoms with Gasteiger partial charge in [-0.25, -0.2) is 0 Å². The number of allylic oxidation sites excluding steroid dienone is 4. The number of benzene rings is 1. The fraction of sp³-hybridized carbons (Fsp3) is 0.333. The maximum atomic E-state index is 12.8. The average molecular weight is 524 g/mol. The van der Waals surface area contributed by atoms with Gasteiger partial charge in [0, 0.05) is 41.2 Å². The van der Waals surface area contributed by atoms with Crippen LogP contribution in [-0.4, -0.2) is 39.3 Å². The lowest BCUT2D eigenvalue weighted by Crippen LogP contribution is -2.29. The van der Waals surface area contributed by atoms with Crippen LogP contribution in [0.5, 0.6) is 0 Å². The van der Waals surface area contributed by atoms with E-state index in [9.17, 15) is 13.2 Å². The lowest BCUT2D eigenvalue weighted by molar-refractivity contribution is -0.0878. The average Bonchev–Trinajstić information content (AvgIpc) is 3.35. The summed E-state index contributed by atoms with van der Waals surface area (Å²) < 4.78 is 38.3. The summed E-state index contributed by atoms with van der Waals surface area (Å²) in [4.78, 5) is 6.94. The number of alkyl halides is 3. The molecule has 0 saturated carbocycles. The van der Waals surface area contributed by atoms with E-state index >= 15 is 0 Å². The highest BCUT2D eigenvalue weighted by Gasteiger charge is 2.29. The smallest absolute Gasteiger partial charge is 0.354 e. The molecule has 202 valence electrons. The summed E-state index contributed by atoms with van der Waals surface area (Å²) in [5.74, 6) is 0. The summed E-state index contributed by atoms with van der Waals surface area (Å²) in [6, 6.07) is 8.17. The molecule has 2 aromatic heterocycles. The van der Waals surface area contributed by atoms with Gasteiger partial charge in [0.2, 0.25) is 0 Å². The van der Waals surface area contributed by atoms with Gasteiger partial charge < -0.3 is 5.32 Å². The Morgan fingerprint density at radius 1 is 1.05 bits per heavy atom. The zero-order valence-corrected chi connectivity index (χ0v) is 22.3. The van der Waals surface area contributed by atoms with Crippen molar-refractivity contribution in [3.63, 3.8) is 0 Å². The molecule has 0 unspecified atom stereocenters. The first kappa shape index (κ1) is 28.9. The van der Waals surface area contributed by atoms with Gasteiger partial charge in [-0.1, -0.05) is 45.6 Å². The fourth-order valence-corrected chi connectivity index (χ4v) is 4.26. The van der Waals surface area contributed by atoms with Crippen molar-refractivity contribution in [1.29, 1.82) is 0 Å². The van der Waals surface area contributed by atoms with E-state index in [1.54, 1.807) is 13.0 Å². The van der Waals surface area contributed by atoms with Crippen molar-refractivity contribution in [2.45, 2.75) is 52.8 Å². The topological polar surface area (TPSA) is 56.8 Å². The highest BCUT2D eigenvalue weighted by atomic mass is 19.4. The number of aromatic amines is 1. The first-order chi connectivity index (χ1) is 18.2. The lowest BCUT2D eigenvalue weighted by atomic mass is 10.0. The Balaban J connectivity index is 0.00000195. The number of nitrogens with zero attached hydrogens (tertiary/aromatic N) is 3. The van der Waals surface area contributed by atoms with Crippen LogP contribution in [0.1, 0.15) is 51.3 Å². The Morgan fingerprint density at radius 3 is 2.47 bits per heavy atom. The summed E-state index contributed by atoms with van der Waals surface area (Å²) in [6.45, 7) is 16.0. The van der Waals surface area contributed by atoms with E-state index < -0.39 is 11.7 Å². The number of rotatable bonds is 8. The maximum absolute atomic E-state index is 12.8. The summed E-state index contributed by atoms with van der Waals surface area (Å²) in [7, 11) is 0. The number of aromatic nitrogens is 3. The van der Waals surface area contributed by atoms with E-state index in [-0.39, 0.29) is 0 Å². The largest absolute Gasteiger partial charge is 0.415 e. The molecule has 4 rings (SSSR count). The van der Waals surface area contributed by atoms with Gasteiger partial charge in [-0.05, 0) is 74.3 Å². The van der Waals surface area contributed by atoms with Crippen LogP contribution in [-0.2, 0) is 6.54 Å². The second-order valence-corrected chi connectivity index (χ2v) is 8.96. The zero-order chi connectivity index (χ0) is 27.7. The standard InChI is InChI=1S/C28H30F3N5.C2H6/c1-4-24(10-8-19(2)28(29,30)31)33-20(3)27-25-15-22(9-11-26(25)34-35-27)23-14-21(16-32-17-23)18-36-12-6-5-7-13-36;1-2/h4,8-11,14-17,33H,2-3,5-7,12-13,18H2,1H3,(H,34,35);1-2H3/b10-8-,24-4+;. The normalized spacial score (nSPS) is 14.8. The van der Waals surface area contributed by atoms with Crippen LogP contribution in [0.3, 0.4) is 0 Å². The molecular formula is C30H36F3N5. The summed E-state index contributed by atoms with van der Waals surface area (Å²) in [5.41, 5.74) is 4.60. The molecule has 3 heterocycles. The molecule has 0 amide bonds. The molecule has 1 aliphatic heterocycles. The van der Waals surface area contributed by atoms with Gasteiger partial charge in [0.1, 0.15) is 5.69 Å². The monoisotopic (exact) mass is 523 g/mol. The third kappa shape index (κ3) is 7.44. The van der Waals surface area contributed by atoms with Crippen LogP contribution in [0.25, 0.3) is 27.7 Å². The minimum Gasteiger partial charge on any atom is -0.354 e. The van der Waals surface area contributed by atoms with Crippen molar-refractivity contribution in [1.82, 2.24) is 25.4 Å². The molecule has 0 spiro atoms. The minimum absolute atomic E-state index is 0.451. The van der Waals surface area contributed by atoms with Crippen molar-refractivity contribution >= 4 is 16.6 Å². The molecule has 1 saturated heterocycles. The molecule has 3 aromatic rings. The predicted octanol–water partition coefficient (Wildman–Crippen LogP) is 7.78. The number of pyridine rings is 1. The third-order valence-corrected chi connectivity index (χ3v) is 6.27. The summed E-state index contributed by atoms with van der Waals surface area (Å²) in [5, 5.41) is 11.3. The van der Waals surface area contributed by atoms with Crippen LogP contribution in [0.4, 0.5) is 13.2 Å². The van der Waals surface area contributed by atoms with Crippen molar-refractivity contribution in [2.24, 2.45) is 0 Å². The molecule has 2 N–H and O–H groups in total. The molecule has 0 bridgehead atoms. The predicted molar refractivity (Wildman–Crippen MR) is 150 cm³/mol. The number of piperidine rings is 1. The third-order valence-electron chi connectivity index (χ3n) is 6.27. The first-order valence-corrected chi connectivity index (χ1v) is 13.0. The van der Waals surface area contributed by atoms with Gasteiger partial charge in [-0.15, -0.1) is 0 Å². The van der Waals surface area contributed by atoms with Crippen molar-refractivity contribution < 1.29 is 13.2 Å². The van der Waals surface area contributed by atoms with Crippen LogP contribution < -0.4 is 5.32 Å². The van der Waals surface area contributed by atoms with Gasteiger partial charge in [-0.3, -0.25) is 15.0 Å². The number of nitrogens with one attached hydrogen (secondary N) is 2. The van der Waals surface area contributed by atoms with Crippen molar-refractivity contribution in [3.8, 4) is 11.1 Å². The van der Waals surface area contributed by atoms with Crippen molar-refractivity contribution in [2.75, 3.05) is 13.1 Å². The van der Waals surface area contributed by atoms with Crippen LogP contribution in [0, 0.1) is 0 Å². The molecule has 38 heavy (non-hydrogen) atoms. The Bertz CT molecular complexity index is 1310. The Morgan fingerprint density at radius 2 is 1.79 bits per heavy atom. The van der Waals surface area contributed by atoms with Gasteiger partial charge in [0.15, 0.2) is 0 Å². The highest BCUT2D eigenvalue weighted by Crippen LogP contribution is 2.29. The van der Waals surface area contributed by atoms with Gasteiger partial charge in [0.05, 0.1) is 11.2 Å². The number of H-pyrrole nitrogens is 1. The van der Waals surface area contributed by atoms with Crippen molar-refractivity contribution in [3.05, 3.63) is 90.6 Å². The Labute approximate surface area is 222 Å². The molecule has 1 fully saturated rings. The fourth-order valence-electron chi connectivity index (χ4n) is 4.26. The molecule has 0 radical (unpaired) electrons. The van der Waals surface area contributed by atoms with Gasteiger partial charge in [-0.2, -0.15) is 18.3 Å². The summed E-state index contributed by atoms with van der Waals surface area (Å²) in [6.07, 6.45) is 7.00. The molecule has 0 aliphatic carbocycles. The SMILES string of the molecule is C=C(NC(/C=C\C(=C)C(F)(F)F)=C/C)c1n[nH]c2ccc(-c3cncc(CN4CCCCC4)c3)cc12.CC. The van der Waals surface area contributed by atoms with Crippen LogP contribution in [0.2, 0.25) is 0 Å². The second kappa shape index (κ2) is 13.2. The molecule has 1 aromatic carbocycles. The van der Waals surface area contributed by atoms with E-state index in [0.29, 0.717) is 17.1 Å². The second-order valence-electron chi connectivity index (χ2n) is 8.96. The van der Waals surface area contributed by atoms with E-state index in [4.69, 9.17) is 0 Å². The molecular weight excluding hydrogens is 487 g/mol. The molecule has 8 heteroatoms. The van der Waals surface area contributed by atoms with E-state index in [2.05, 4.69) is 44.6 Å². The molecule has 1 aliphatic rings.